The van der Waals surface area contributed by atoms with Crippen LogP contribution in [0.15, 0.2) is 28.9 Å². The largest absolute Gasteiger partial charge is 0.508 e. The zero-order valence-electron chi connectivity index (χ0n) is 14.6. The third kappa shape index (κ3) is 2.67. The molecule has 132 valence electrons. The molecule has 0 radical (unpaired) electrons. The van der Waals surface area contributed by atoms with Gasteiger partial charge in [0, 0.05) is 11.6 Å². The van der Waals surface area contributed by atoms with E-state index in [9.17, 15) is 9.90 Å². The number of amides is 1. The summed E-state index contributed by atoms with van der Waals surface area (Å²) in [4.78, 5) is 12.0. The van der Waals surface area contributed by atoms with Crippen molar-refractivity contribution < 1.29 is 14.3 Å². The summed E-state index contributed by atoms with van der Waals surface area (Å²) in [6.07, 6.45) is 1.47. The Balaban J connectivity index is 2.28. The second-order valence-corrected chi connectivity index (χ2v) is 5.83. The molecule has 0 aliphatic heterocycles. The number of carbonyl (C=O) groups is 1. The minimum Gasteiger partial charge on any atom is -0.508 e. The molecule has 0 saturated heterocycles. The molecule has 1 aromatic carbocycles. The number of benzene rings is 1. The molecule has 0 atom stereocenters. The third-order valence-corrected chi connectivity index (χ3v) is 4.09. The Kier molecular flexibility index (Phi) is 4.18. The Hall–Kier alpha value is -3.66. The number of aromatic hydroxyl groups is 1. The van der Waals surface area contributed by atoms with Gasteiger partial charge >= 0.3 is 0 Å². The molecule has 7 heteroatoms. The zero-order chi connectivity index (χ0) is 19.0. The normalized spacial score (nSPS) is 10.4. The van der Waals surface area contributed by atoms with Crippen molar-refractivity contribution in [2.75, 3.05) is 5.73 Å². The Morgan fingerprint density at radius 1 is 1.35 bits per heavy atom. The SMILES string of the molecule is CC#Cc1coc(-c2nn(-c3c(C)ccc(O)c3C)c(N)c2C(N)=O)c1. The van der Waals surface area contributed by atoms with Gasteiger partial charge in [-0.05, 0) is 32.4 Å². The van der Waals surface area contributed by atoms with Gasteiger partial charge < -0.3 is 21.0 Å². The van der Waals surface area contributed by atoms with Crippen LogP contribution in [0.2, 0.25) is 0 Å². The maximum absolute atomic E-state index is 12.0. The van der Waals surface area contributed by atoms with Gasteiger partial charge in [0.1, 0.15) is 29.1 Å². The van der Waals surface area contributed by atoms with Crippen LogP contribution in [0.25, 0.3) is 17.1 Å². The van der Waals surface area contributed by atoms with Crippen molar-refractivity contribution in [3.05, 3.63) is 46.7 Å². The molecule has 7 nitrogen and oxygen atoms in total. The van der Waals surface area contributed by atoms with Crippen LogP contribution in [0.1, 0.15) is 34.0 Å². The minimum atomic E-state index is -0.723. The highest BCUT2D eigenvalue weighted by Gasteiger charge is 2.26. The summed E-state index contributed by atoms with van der Waals surface area (Å²) in [7, 11) is 0. The Bertz CT molecular complexity index is 1080. The molecule has 3 rings (SSSR count). The van der Waals surface area contributed by atoms with Crippen molar-refractivity contribution >= 4 is 11.7 Å². The maximum Gasteiger partial charge on any atom is 0.254 e. The molecule has 0 saturated carbocycles. The standard InChI is InChI=1S/C19H18N4O3/c1-4-5-12-8-14(26-9-12)16-15(19(21)25)18(20)23(22-16)17-10(2)6-7-13(24)11(17)3/h6-9,24H,20H2,1-3H3,(H2,21,25). The van der Waals surface area contributed by atoms with Crippen LogP contribution in [0.3, 0.4) is 0 Å². The lowest BCUT2D eigenvalue weighted by molar-refractivity contribution is 0.100. The van der Waals surface area contributed by atoms with E-state index in [-0.39, 0.29) is 22.8 Å². The van der Waals surface area contributed by atoms with Gasteiger partial charge in [-0.1, -0.05) is 12.0 Å². The quantitative estimate of drug-likeness (QED) is 0.627. The number of phenolic OH excluding ortho intramolecular Hbond substituents is 1. The summed E-state index contributed by atoms with van der Waals surface area (Å²) in [5.41, 5.74) is 14.6. The smallest absolute Gasteiger partial charge is 0.254 e. The monoisotopic (exact) mass is 350 g/mol. The average molecular weight is 350 g/mol. The Morgan fingerprint density at radius 3 is 2.73 bits per heavy atom. The second-order valence-electron chi connectivity index (χ2n) is 5.83. The van der Waals surface area contributed by atoms with Crippen LogP contribution < -0.4 is 11.5 Å². The van der Waals surface area contributed by atoms with Gasteiger partial charge in [-0.15, -0.1) is 5.92 Å². The number of primary amides is 1. The first kappa shape index (κ1) is 17.2. The van der Waals surface area contributed by atoms with E-state index in [1.807, 2.05) is 6.92 Å². The van der Waals surface area contributed by atoms with Crippen LogP contribution in [0, 0.1) is 25.7 Å². The average Bonchev–Trinajstić information content (AvgIpc) is 3.17. The molecule has 0 fully saturated rings. The number of nitrogen functional groups attached to an aromatic ring is 1. The number of anilines is 1. The fourth-order valence-corrected chi connectivity index (χ4v) is 2.84. The number of furan rings is 1. The van der Waals surface area contributed by atoms with Crippen LogP contribution in [-0.4, -0.2) is 20.8 Å². The lowest BCUT2D eigenvalue weighted by Gasteiger charge is -2.12. The van der Waals surface area contributed by atoms with E-state index in [4.69, 9.17) is 15.9 Å². The molecule has 1 amide bonds. The van der Waals surface area contributed by atoms with Gasteiger partial charge in [0.05, 0.1) is 11.3 Å². The second kappa shape index (κ2) is 6.33. The van der Waals surface area contributed by atoms with E-state index in [2.05, 4.69) is 16.9 Å². The zero-order valence-corrected chi connectivity index (χ0v) is 14.6. The first-order valence-electron chi connectivity index (χ1n) is 7.84. The van der Waals surface area contributed by atoms with Crippen LogP contribution >= 0.6 is 0 Å². The topological polar surface area (TPSA) is 120 Å². The van der Waals surface area contributed by atoms with Gasteiger partial charge in [-0.2, -0.15) is 5.10 Å². The van der Waals surface area contributed by atoms with E-state index in [0.717, 1.165) is 5.56 Å². The van der Waals surface area contributed by atoms with Crippen molar-refractivity contribution in [3.63, 3.8) is 0 Å². The van der Waals surface area contributed by atoms with Crippen molar-refractivity contribution in [3.8, 4) is 34.7 Å². The first-order valence-corrected chi connectivity index (χ1v) is 7.84. The van der Waals surface area contributed by atoms with E-state index < -0.39 is 5.91 Å². The third-order valence-electron chi connectivity index (χ3n) is 4.09. The van der Waals surface area contributed by atoms with E-state index in [1.54, 1.807) is 32.0 Å². The number of aromatic nitrogens is 2. The molecule has 0 bridgehead atoms. The molecule has 26 heavy (non-hydrogen) atoms. The number of aryl methyl sites for hydroxylation is 1. The molecule has 3 aromatic rings. The molecular formula is C19H18N4O3. The number of hydrogen-bond donors (Lipinski definition) is 3. The van der Waals surface area contributed by atoms with Gasteiger partial charge in [-0.3, -0.25) is 4.79 Å². The van der Waals surface area contributed by atoms with Crippen molar-refractivity contribution in [1.29, 1.82) is 0 Å². The van der Waals surface area contributed by atoms with E-state index in [0.29, 0.717) is 22.6 Å². The highest BCUT2D eigenvalue weighted by atomic mass is 16.3. The van der Waals surface area contributed by atoms with Crippen LogP contribution in [-0.2, 0) is 0 Å². The van der Waals surface area contributed by atoms with Gasteiger partial charge in [0.2, 0.25) is 0 Å². The van der Waals surface area contributed by atoms with Crippen molar-refractivity contribution in [1.82, 2.24) is 9.78 Å². The van der Waals surface area contributed by atoms with Gasteiger partial charge in [0.15, 0.2) is 5.76 Å². The molecule has 0 unspecified atom stereocenters. The molecule has 0 aliphatic carbocycles. The van der Waals surface area contributed by atoms with Gasteiger partial charge in [0.25, 0.3) is 5.91 Å². The molecule has 5 N–H and O–H groups in total. The van der Waals surface area contributed by atoms with Gasteiger partial charge in [-0.25, -0.2) is 4.68 Å². The summed E-state index contributed by atoms with van der Waals surface area (Å²) in [6.45, 7) is 5.31. The molecule has 2 aromatic heterocycles. The molecule has 2 heterocycles. The van der Waals surface area contributed by atoms with Crippen LogP contribution in [0.4, 0.5) is 5.82 Å². The lowest BCUT2D eigenvalue weighted by atomic mass is 10.1. The fraction of sp³-hybridized carbons (Fsp3) is 0.158. The number of phenols is 1. The van der Waals surface area contributed by atoms with Crippen molar-refractivity contribution in [2.24, 2.45) is 5.73 Å². The maximum atomic E-state index is 12.0. The number of carbonyl (C=O) groups excluding carboxylic acids is 1. The number of rotatable bonds is 3. The van der Waals surface area contributed by atoms with E-state index >= 15 is 0 Å². The summed E-state index contributed by atoms with van der Waals surface area (Å²) in [5.74, 6) is 5.42. The Morgan fingerprint density at radius 2 is 2.08 bits per heavy atom. The minimum absolute atomic E-state index is 0.0532. The Labute approximate surface area is 150 Å². The summed E-state index contributed by atoms with van der Waals surface area (Å²) >= 11 is 0. The number of hydrogen-bond acceptors (Lipinski definition) is 5. The summed E-state index contributed by atoms with van der Waals surface area (Å²) < 4.78 is 6.89. The molecule has 0 aliphatic rings. The predicted molar refractivity (Wildman–Crippen MR) is 97.9 cm³/mol. The van der Waals surface area contributed by atoms with Crippen molar-refractivity contribution in [2.45, 2.75) is 20.8 Å². The number of nitrogens with zero attached hydrogens (tertiary/aromatic N) is 2. The van der Waals surface area contributed by atoms with Crippen LogP contribution in [0.5, 0.6) is 5.75 Å². The molecule has 0 spiro atoms. The molecular weight excluding hydrogens is 332 g/mol. The number of nitrogens with two attached hydrogens (primary N) is 2. The fourth-order valence-electron chi connectivity index (χ4n) is 2.84. The predicted octanol–water partition coefficient (Wildman–Crippen LogP) is 2.51. The summed E-state index contributed by atoms with van der Waals surface area (Å²) in [5, 5.41) is 14.5. The summed E-state index contributed by atoms with van der Waals surface area (Å²) in [6, 6.07) is 4.99. The first-order chi connectivity index (χ1) is 12.3. The van der Waals surface area contributed by atoms with E-state index in [1.165, 1.54) is 10.9 Å². The highest BCUT2D eigenvalue weighted by Crippen LogP contribution is 2.34. The lowest BCUT2D eigenvalue weighted by Crippen LogP contribution is -2.14. The highest BCUT2D eigenvalue weighted by molar-refractivity contribution is 6.03.